The first-order valence-electron chi connectivity index (χ1n) is 5.22. The summed E-state index contributed by atoms with van der Waals surface area (Å²) in [5.41, 5.74) is 0.352. The largest absolute Gasteiger partial charge is 0.511 e. The molecule has 0 saturated heterocycles. The van der Waals surface area contributed by atoms with E-state index in [1.54, 1.807) is 19.2 Å². The molecule has 1 aliphatic rings. The topological polar surface area (TPSA) is 65.0 Å². The van der Waals surface area contributed by atoms with Gasteiger partial charge in [0, 0.05) is 12.0 Å². The van der Waals surface area contributed by atoms with Crippen LogP contribution >= 0.6 is 0 Å². The van der Waals surface area contributed by atoms with Gasteiger partial charge in [0.1, 0.15) is 11.4 Å². The van der Waals surface area contributed by atoms with Gasteiger partial charge in [0.05, 0.1) is 7.11 Å². The minimum absolute atomic E-state index is 0.305. The Balaban J connectivity index is 2.47. The van der Waals surface area contributed by atoms with Crippen molar-refractivity contribution >= 4 is 6.16 Å². The SMILES string of the molecule is COc1ccc(OC(=O)O)c2c1OC(C)(C)C2. The van der Waals surface area contributed by atoms with Gasteiger partial charge in [-0.15, -0.1) is 0 Å². The van der Waals surface area contributed by atoms with Gasteiger partial charge in [-0.1, -0.05) is 0 Å². The van der Waals surface area contributed by atoms with E-state index in [0.717, 1.165) is 5.56 Å². The van der Waals surface area contributed by atoms with Crippen LogP contribution in [0.4, 0.5) is 4.79 Å². The van der Waals surface area contributed by atoms with E-state index in [-0.39, 0.29) is 5.60 Å². The van der Waals surface area contributed by atoms with Gasteiger partial charge in [0.25, 0.3) is 0 Å². The maximum Gasteiger partial charge on any atom is 0.511 e. The van der Waals surface area contributed by atoms with Gasteiger partial charge >= 0.3 is 6.16 Å². The summed E-state index contributed by atoms with van der Waals surface area (Å²) >= 11 is 0. The minimum atomic E-state index is -1.33. The average molecular weight is 238 g/mol. The van der Waals surface area contributed by atoms with Crippen LogP contribution in [-0.4, -0.2) is 24.0 Å². The van der Waals surface area contributed by atoms with E-state index in [1.165, 1.54) is 0 Å². The van der Waals surface area contributed by atoms with Crippen LogP contribution in [-0.2, 0) is 6.42 Å². The van der Waals surface area contributed by atoms with Gasteiger partial charge in [-0.25, -0.2) is 4.79 Å². The van der Waals surface area contributed by atoms with Crippen LogP contribution in [0.25, 0.3) is 0 Å². The summed E-state index contributed by atoms with van der Waals surface area (Å²) in [7, 11) is 1.54. The Bertz CT molecular complexity index is 464. The predicted molar refractivity (Wildman–Crippen MR) is 60.1 cm³/mol. The van der Waals surface area contributed by atoms with Crippen molar-refractivity contribution in [2.45, 2.75) is 25.9 Å². The van der Waals surface area contributed by atoms with E-state index < -0.39 is 6.16 Å². The highest BCUT2D eigenvalue weighted by Crippen LogP contribution is 2.46. The number of carbonyl (C=O) groups is 1. The third-order valence-corrected chi connectivity index (χ3v) is 2.58. The van der Waals surface area contributed by atoms with Crippen molar-refractivity contribution in [2.24, 2.45) is 0 Å². The van der Waals surface area contributed by atoms with Crippen molar-refractivity contribution in [1.82, 2.24) is 0 Å². The number of rotatable bonds is 2. The zero-order chi connectivity index (χ0) is 12.6. The van der Waals surface area contributed by atoms with Crippen LogP contribution in [0.2, 0.25) is 0 Å². The Morgan fingerprint density at radius 1 is 1.41 bits per heavy atom. The van der Waals surface area contributed by atoms with Crippen molar-refractivity contribution in [3.63, 3.8) is 0 Å². The second kappa shape index (κ2) is 3.84. The predicted octanol–water partition coefficient (Wildman–Crippen LogP) is 2.47. The molecule has 92 valence electrons. The standard InChI is InChI=1S/C12H14O5/c1-12(2)6-7-8(16-11(13)14)4-5-9(15-3)10(7)17-12/h4-5H,6H2,1-3H3,(H,13,14). The lowest BCUT2D eigenvalue weighted by Crippen LogP contribution is -2.24. The zero-order valence-corrected chi connectivity index (χ0v) is 9.94. The molecule has 1 heterocycles. The summed E-state index contributed by atoms with van der Waals surface area (Å²) in [5, 5.41) is 8.66. The maximum atomic E-state index is 10.6. The van der Waals surface area contributed by atoms with Crippen molar-refractivity contribution in [3.05, 3.63) is 17.7 Å². The third kappa shape index (κ3) is 2.13. The van der Waals surface area contributed by atoms with Crippen LogP contribution in [0.5, 0.6) is 17.2 Å². The number of ether oxygens (including phenoxy) is 3. The molecule has 5 nitrogen and oxygen atoms in total. The molecule has 0 fully saturated rings. The van der Waals surface area contributed by atoms with Crippen LogP contribution in [0.15, 0.2) is 12.1 Å². The first-order valence-corrected chi connectivity index (χ1v) is 5.22. The molecule has 0 saturated carbocycles. The van der Waals surface area contributed by atoms with Crippen molar-refractivity contribution in [2.75, 3.05) is 7.11 Å². The second-order valence-corrected chi connectivity index (χ2v) is 4.48. The van der Waals surface area contributed by atoms with Gasteiger partial charge < -0.3 is 19.3 Å². The molecule has 0 bridgehead atoms. The highest BCUT2D eigenvalue weighted by molar-refractivity contribution is 5.65. The number of methoxy groups -OCH3 is 1. The summed E-state index contributed by atoms with van der Waals surface area (Å²) in [5.74, 6) is 1.46. The van der Waals surface area contributed by atoms with Gasteiger partial charge in [-0.2, -0.15) is 0 Å². The summed E-state index contributed by atoms with van der Waals surface area (Å²) in [4.78, 5) is 10.6. The lowest BCUT2D eigenvalue weighted by molar-refractivity contribution is 0.133. The molecular weight excluding hydrogens is 224 g/mol. The molecule has 0 aromatic heterocycles. The Morgan fingerprint density at radius 3 is 2.65 bits per heavy atom. The van der Waals surface area contributed by atoms with Gasteiger partial charge in [0.2, 0.25) is 0 Å². The summed E-state index contributed by atoms with van der Waals surface area (Å²) in [6.07, 6.45) is -0.746. The van der Waals surface area contributed by atoms with E-state index in [4.69, 9.17) is 19.3 Å². The first-order chi connectivity index (χ1) is 7.93. The molecule has 5 heteroatoms. The molecular formula is C12H14O5. The fraction of sp³-hybridized carbons (Fsp3) is 0.417. The van der Waals surface area contributed by atoms with E-state index in [9.17, 15) is 4.79 Å². The molecule has 1 aromatic rings. The van der Waals surface area contributed by atoms with E-state index in [2.05, 4.69) is 0 Å². The average Bonchev–Trinajstić information content (AvgIpc) is 2.53. The Morgan fingerprint density at radius 2 is 2.06 bits per heavy atom. The molecule has 1 aromatic carbocycles. The molecule has 0 spiro atoms. The normalized spacial score (nSPS) is 15.9. The molecule has 0 aliphatic carbocycles. The van der Waals surface area contributed by atoms with Crippen LogP contribution in [0.3, 0.4) is 0 Å². The molecule has 0 amide bonds. The molecule has 17 heavy (non-hydrogen) atoms. The number of carboxylic acid groups (broad SMARTS) is 1. The molecule has 1 N–H and O–H groups in total. The smallest absolute Gasteiger partial charge is 0.493 e. The summed E-state index contributed by atoms with van der Waals surface area (Å²) in [6, 6.07) is 3.22. The number of benzene rings is 1. The molecule has 0 radical (unpaired) electrons. The van der Waals surface area contributed by atoms with Crippen LogP contribution < -0.4 is 14.2 Å². The van der Waals surface area contributed by atoms with Crippen molar-refractivity contribution < 1.29 is 24.1 Å². The quantitative estimate of drug-likeness (QED) is 0.633. The van der Waals surface area contributed by atoms with Crippen LogP contribution in [0, 0.1) is 0 Å². The van der Waals surface area contributed by atoms with Crippen molar-refractivity contribution in [3.8, 4) is 17.2 Å². The van der Waals surface area contributed by atoms with Gasteiger partial charge in [0.15, 0.2) is 11.5 Å². The van der Waals surface area contributed by atoms with Gasteiger partial charge in [-0.3, -0.25) is 0 Å². The van der Waals surface area contributed by atoms with Crippen LogP contribution in [0.1, 0.15) is 19.4 Å². The molecule has 0 atom stereocenters. The Kier molecular flexibility index (Phi) is 2.61. The molecule has 2 rings (SSSR count). The number of hydrogen-bond acceptors (Lipinski definition) is 4. The van der Waals surface area contributed by atoms with E-state index in [1.807, 2.05) is 13.8 Å². The summed E-state index contributed by atoms with van der Waals surface area (Å²) < 4.78 is 15.7. The maximum absolute atomic E-state index is 10.6. The highest BCUT2D eigenvalue weighted by atomic mass is 16.7. The fourth-order valence-electron chi connectivity index (χ4n) is 1.96. The second-order valence-electron chi connectivity index (χ2n) is 4.48. The first kappa shape index (κ1) is 11.6. The zero-order valence-electron chi connectivity index (χ0n) is 9.94. The molecule has 0 unspecified atom stereocenters. The lowest BCUT2D eigenvalue weighted by Gasteiger charge is -2.17. The summed E-state index contributed by atoms with van der Waals surface area (Å²) in [6.45, 7) is 3.86. The number of fused-ring (bicyclic) bond motifs is 1. The number of hydrogen-bond donors (Lipinski definition) is 1. The van der Waals surface area contributed by atoms with Gasteiger partial charge in [-0.05, 0) is 26.0 Å². The van der Waals surface area contributed by atoms with Crippen molar-refractivity contribution in [1.29, 1.82) is 0 Å². The minimum Gasteiger partial charge on any atom is -0.493 e. The highest BCUT2D eigenvalue weighted by Gasteiger charge is 2.35. The van der Waals surface area contributed by atoms with E-state index in [0.29, 0.717) is 23.7 Å². The fourth-order valence-corrected chi connectivity index (χ4v) is 1.96. The monoisotopic (exact) mass is 238 g/mol. The Labute approximate surface area is 98.9 Å². The Hall–Kier alpha value is -1.91. The third-order valence-electron chi connectivity index (χ3n) is 2.58. The van der Waals surface area contributed by atoms with E-state index >= 15 is 0 Å². The lowest BCUT2D eigenvalue weighted by atomic mass is 10.0. The molecule has 1 aliphatic heterocycles.